The van der Waals surface area contributed by atoms with Crippen molar-refractivity contribution in [1.29, 1.82) is 0 Å². The van der Waals surface area contributed by atoms with Gasteiger partial charge in [0.15, 0.2) is 5.17 Å². The van der Waals surface area contributed by atoms with Crippen LogP contribution in [0.1, 0.15) is 12.5 Å². The molecule has 0 unspecified atom stereocenters. The van der Waals surface area contributed by atoms with Crippen molar-refractivity contribution in [1.82, 2.24) is 0 Å². The first-order chi connectivity index (χ1) is 13.0. The van der Waals surface area contributed by atoms with E-state index in [1.807, 2.05) is 38.1 Å². The highest BCUT2D eigenvalue weighted by molar-refractivity contribution is 8.14. The van der Waals surface area contributed by atoms with Crippen LogP contribution >= 0.6 is 11.8 Å². The van der Waals surface area contributed by atoms with Gasteiger partial charge in [-0.1, -0.05) is 29.5 Å². The molecule has 1 aliphatic rings. The van der Waals surface area contributed by atoms with Gasteiger partial charge in [-0.25, -0.2) is 4.39 Å². The first-order valence-electron chi connectivity index (χ1n) is 8.62. The second kappa shape index (κ2) is 8.35. The number of thioether (sulfide) groups is 1. The molecule has 0 aromatic heterocycles. The van der Waals surface area contributed by atoms with E-state index in [1.165, 1.54) is 23.9 Å². The van der Waals surface area contributed by atoms with Crippen LogP contribution in [0.25, 0.3) is 0 Å². The van der Waals surface area contributed by atoms with Crippen LogP contribution in [0.2, 0.25) is 0 Å². The Morgan fingerprint density at radius 2 is 1.85 bits per heavy atom. The third-order valence-corrected chi connectivity index (χ3v) is 5.12. The highest BCUT2D eigenvalue weighted by Gasteiger charge is 2.28. The molecule has 2 amide bonds. The van der Waals surface area contributed by atoms with E-state index in [-0.39, 0.29) is 29.9 Å². The van der Waals surface area contributed by atoms with Crippen molar-refractivity contribution < 1.29 is 14.0 Å². The van der Waals surface area contributed by atoms with Crippen molar-refractivity contribution in [3.63, 3.8) is 0 Å². The fourth-order valence-electron chi connectivity index (χ4n) is 2.77. The van der Waals surface area contributed by atoms with Gasteiger partial charge in [0, 0.05) is 12.2 Å². The molecule has 0 saturated heterocycles. The number of hydrogen-bond acceptors (Lipinski definition) is 4. The Kier molecular flexibility index (Phi) is 5.91. The first-order valence-corrected chi connectivity index (χ1v) is 9.61. The van der Waals surface area contributed by atoms with Crippen LogP contribution < -0.4 is 9.80 Å². The third-order valence-electron chi connectivity index (χ3n) is 4.16. The number of rotatable bonds is 5. The second-order valence-corrected chi connectivity index (χ2v) is 7.01. The maximum Gasteiger partial charge on any atom is 0.254 e. The molecule has 0 spiro atoms. The standard InChI is InChI=1S/C20H20FN3O2S/c1-3-23(16-10-6-15(21)7-11-16)19(26)13-27-20-22-12-18(25)24(20)17-8-4-14(2)5-9-17/h4-11H,3,12-13H2,1-2H3. The molecule has 27 heavy (non-hydrogen) atoms. The van der Waals surface area contributed by atoms with Crippen LogP contribution in [0.5, 0.6) is 0 Å². The number of halogens is 1. The quantitative estimate of drug-likeness (QED) is 0.790. The van der Waals surface area contributed by atoms with E-state index in [4.69, 9.17) is 0 Å². The van der Waals surface area contributed by atoms with Gasteiger partial charge in [0.2, 0.25) is 5.91 Å². The van der Waals surface area contributed by atoms with Crippen LogP contribution in [-0.4, -0.2) is 35.8 Å². The Balaban J connectivity index is 1.69. The van der Waals surface area contributed by atoms with Crippen LogP contribution in [0.4, 0.5) is 15.8 Å². The molecule has 0 aliphatic carbocycles. The van der Waals surface area contributed by atoms with Crippen molar-refractivity contribution in [2.45, 2.75) is 13.8 Å². The SMILES string of the molecule is CCN(C(=O)CSC1=NCC(=O)N1c1ccc(C)cc1)c1ccc(F)cc1. The lowest BCUT2D eigenvalue weighted by Gasteiger charge is -2.22. The molecule has 2 aromatic carbocycles. The summed E-state index contributed by atoms with van der Waals surface area (Å²) in [6.07, 6.45) is 0. The van der Waals surface area contributed by atoms with E-state index in [1.54, 1.807) is 21.9 Å². The Hall–Kier alpha value is -2.67. The number of amides is 2. The smallest absolute Gasteiger partial charge is 0.254 e. The summed E-state index contributed by atoms with van der Waals surface area (Å²) in [5.41, 5.74) is 2.49. The second-order valence-electron chi connectivity index (χ2n) is 6.07. The molecule has 140 valence electrons. The zero-order valence-electron chi connectivity index (χ0n) is 15.2. The largest absolute Gasteiger partial charge is 0.312 e. The highest BCUT2D eigenvalue weighted by Crippen LogP contribution is 2.25. The average molecular weight is 385 g/mol. The summed E-state index contributed by atoms with van der Waals surface area (Å²) in [5, 5.41) is 0.521. The first kappa shape index (κ1) is 19.1. The minimum Gasteiger partial charge on any atom is -0.312 e. The van der Waals surface area contributed by atoms with Gasteiger partial charge in [0.25, 0.3) is 5.91 Å². The summed E-state index contributed by atoms with van der Waals surface area (Å²) < 4.78 is 13.1. The van der Waals surface area contributed by atoms with E-state index in [0.29, 0.717) is 17.4 Å². The molecular weight excluding hydrogens is 365 g/mol. The molecule has 5 nitrogen and oxygen atoms in total. The minimum atomic E-state index is -0.343. The Bertz CT molecular complexity index is 866. The number of carbonyl (C=O) groups is 2. The topological polar surface area (TPSA) is 53.0 Å². The lowest BCUT2D eigenvalue weighted by Crippen LogP contribution is -2.35. The van der Waals surface area contributed by atoms with Gasteiger partial charge in [0.05, 0.1) is 11.4 Å². The van der Waals surface area contributed by atoms with E-state index < -0.39 is 0 Å². The van der Waals surface area contributed by atoms with Crippen molar-refractivity contribution >= 4 is 40.1 Å². The van der Waals surface area contributed by atoms with Gasteiger partial charge in [-0.3, -0.25) is 19.5 Å². The summed E-state index contributed by atoms with van der Waals surface area (Å²) in [4.78, 5) is 32.3. The summed E-state index contributed by atoms with van der Waals surface area (Å²) in [7, 11) is 0. The number of anilines is 2. The van der Waals surface area contributed by atoms with Gasteiger partial charge in [-0.2, -0.15) is 0 Å². The highest BCUT2D eigenvalue weighted by atomic mass is 32.2. The van der Waals surface area contributed by atoms with E-state index in [2.05, 4.69) is 4.99 Å². The van der Waals surface area contributed by atoms with E-state index in [9.17, 15) is 14.0 Å². The fraction of sp³-hybridized carbons (Fsp3) is 0.250. The Morgan fingerprint density at radius 3 is 2.48 bits per heavy atom. The number of benzene rings is 2. The van der Waals surface area contributed by atoms with Crippen molar-refractivity contribution in [3.8, 4) is 0 Å². The number of hydrogen-bond donors (Lipinski definition) is 0. The van der Waals surface area contributed by atoms with Crippen LogP contribution in [0, 0.1) is 12.7 Å². The number of aliphatic imine (C=N–C) groups is 1. The summed E-state index contributed by atoms with van der Waals surface area (Å²) >= 11 is 1.23. The van der Waals surface area contributed by atoms with Gasteiger partial charge < -0.3 is 4.90 Å². The molecule has 7 heteroatoms. The van der Waals surface area contributed by atoms with E-state index >= 15 is 0 Å². The molecule has 0 bridgehead atoms. The molecule has 1 heterocycles. The molecular formula is C20H20FN3O2S. The molecule has 0 fully saturated rings. The van der Waals surface area contributed by atoms with E-state index in [0.717, 1.165) is 11.3 Å². The summed E-state index contributed by atoms with van der Waals surface area (Å²) in [5.74, 6) is -0.441. The number of aryl methyl sites for hydroxylation is 1. The normalized spacial score (nSPS) is 13.7. The Labute approximate surface area is 161 Å². The summed E-state index contributed by atoms with van der Waals surface area (Å²) in [6, 6.07) is 13.4. The maximum absolute atomic E-state index is 13.1. The van der Waals surface area contributed by atoms with Gasteiger partial charge in [-0.05, 0) is 50.2 Å². The molecule has 0 N–H and O–H groups in total. The third kappa shape index (κ3) is 4.36. The molecule has 2 aromatic rings. The van der Waals surface area contributed by atoms with Crippen molar-refractivity contribution in [2.24, 2.45) is 4.99 Å². The zero-order valence-corrected chi connectivity index (χ0v) is 16.0. The maximum atomic E-state index is 13.1. The number of amidine groups is 1. The fourth-order valence-corrected chi connectivity index (χ4v) is 3.67. The van der Waals surface area contributed by atoms with Crippen molar-refractivity contribution in [3.05, 3.63) is 59.9 Å². The van der Waals surface area contributed by atoms with Crippen LogP contribution in [-0.2, 0) is 9.59 Å². The van der Waals surface area contributed by atoms with Crippen molar-refractivity contribution in [2.75, 3.05) is 28.6 Å². The lowest BCUT2D eigenvalue weighted by molar-refractivity contribution is -0.116. The van der Waals surface area contributed by atoms with Crippen LogP contribution in [0.3, 0.4) is 0 Å². The van der Waals surface area contributed by atoms with Gasteiger partial charge in [-0.15, -0.1) is 0 Å². The molecule has 3 rings (SSSR count). The lowest BCUT2D eigenvalue weighted by atomic mass is 10.2. The van der Waals surface area contributed by atoms with Gasteiger partial charge >= 0.3 is 0 Å². The monoisotopic (exact) mass is 385 g/mol. The van der Waals surface area contributed by atoms with Gasteiger partial charge in [0.1, 0.15) is 12.4 Å². The number of nitrogens with zero attached hydrogens (tertiary/aromatic N) is 3. The predicted octanol–water partition coefficient (Wildman–Crippen LogP) is 3.62. The molecule has 0 radical (unpaired) electrons. The molecule has 0 saturated carbocycles. The average Bonchev–Trinajstić information content (AvgIpc) is 3.03. The minimum absolute atomic E-state index is 0.0832. The molecule has 1 aliphatic heterocycles. The molecule has 0 atom stereocenters. The number of carbonyl (C=O) groups excluding carboxylic acids is 2. The predicted molar refractivity (Wildman–Crippen MR) is 108 cm³/mol. The zero-order chi connectivity index (χ0) is 19.4. The van der Waals surface area contributed by atoms with Crippen LogP contribution in [0.15, 0.2) is 53.5 Å². The Morgan fingerprint density at radius 1 is 1.19 bits per heavy atom. The summed E-state index contributed by atoms with van der Waals surface area (Å²) in [6.45, 7) is 4.39.